The van der Waals surface area contributed by atoms with Gasteiger partial charge in [0.25, 0.3) is 0 Å². The van der Waals surface area contributed by atoms with Gasteiger partial charge in [0, 0.05) is 35.2 Å². The Morgan fingerprint density at radius 2 is 1.85 bits per heavy atom. The van der Waals surface area contributed by atoms with E-state index < -0.39 is 0 Å². The second-order valence-electron chi connectivity index (χ2n) is 5.19. The molecule has 1 heterocycles. The molecule has 3 nitrogen and oxygen atoms in total. The van der Waals surface area contributed by atoms with Crippen molar-refractivity contribution >= 4 is 29.1 Å². The molecule has 1 aromatic rings. The first kappa shape index (κ1) is 15.6. The van der Waals surface area contributed by atoms with Crippen molar-refractivity contribution in [2.24, 2.45) is 0 Å². The molecule has 1 aliphatic heterocycles. The van der Waals surface area contributed by atoms with Gasteiger partial charge in [0.1, 0.15) is 0 Å². The van der Waals surface area contributed by atoms with E-state index >= 15 is 0 Å². The highest BCUT2D eigenvalue weighted by atomic mass is 35.5. The number of piperidine rings is 1. The van der Waals surface area contributed by atoms with E-state index in [-0.39, 0.29) is 11.9 Å². The summed E-state index contributed by atoms with van der Waals surface area (Å²) in [5, 5.41) is 4.47. The molecule has 1 aromatic carbocycles. The van der Waals surface area contributed by atoms with E-state index in [4.69, 9.17) is 23.2 Å². The Balaban J connectivity index is 1.91. The van der Waals surface area contributed by atoms with Crippen LogP contribution in [0.4, 0.5) is 0 Å². The molecule has 1 amide bonds. The maximum atomic E-state index is 12.3. The number of carbonyl (C=O) groups is 1. The minimum Gasteiger partial charge on any atom is -0.341 e. The fraction of sp³-hybridized carbons (Fsp3) is 0.533. The molecule has 1 aliphatic rings. The van der Waals surface area contributed by atoms with Gasteiger partial charge in [0.2, 0.25) is 5.91 Å². The summed E-state index contributed by atoms with van der Waals surface area (Å²) in [6.07, 6.45) is 3.43. The van der Waals surface area contributed by atoms with Gasteiger partial charge in [-0.15, -0.1) is 0 Å². The molecular weight excluding hydrogens is 295 g/mol. The van der Waals surface area contributed by atoms with E-state index in [2.05, 4.69) is 5.32 Å². The first-order valence-electron chi connectivity index (χ1n) is 7.04. The number of hydrogen-bond acceptors (Lipinski definition) is 2. The van der Waals surface area contributed by atoms with Gasteiger partial charge in [-0.2, -0.15) is 0 Å². The number of hydrogen-bond donors (Lipinski definition) is 1. The molecule has 1 unspecified atom stereocenters. The number of nitrogens with one attached hydrogen (secondary N) is 1. The molecule has 0 spiro atoms. The first-order chi connectivity index (χ1) is 9.59. The highest BCUT2D eigenvalue weighted by Gasteiger charge is 2.22. The van der Waals surface area contributed by atoms with Gasteiger partial charge in [-0.05, 0) is 38.3 Å². The molecule has 0 bridgehead atoms. The van der Waals surface area contributed by atoms with E-state index in [0.29, 0.717) is 16.6 Å². The van der Waals surface area contributed by atoms with Crippen molar-refractivity contribution in [3.8, 4) is 0 Å². The van der Waals surface area contributed by atoms with Crippen molar-refractivity contribution in [1.82, 2.24) is 10.2 Å². The molecule has 0 aliphatic carbocycles. The van der Waals surface area contributed by atoms with Crippen LogP contribution in [0, 0.1) is 0 Å². The lowest BCUT2D eigenvalue weighted by Crippen LogP contribution is -2.46. The third-order valence-corrected chi connectivity index (χ3v) is 4.39. The standard InChI is InChI=1S/C15H20Cl2N2O/c1-11(15(20)19-8-3-2-4-9-19)18-10-12-13(16)6-5-7-14(12)17/h5-7,11,18H,2-4,8-10H2,1H3. The summed E-state index contributed by atoms with van der Waals surface area (Å²) in [6, 6.07) is 5.21. The van der Waals surface area contributed by atoms with Crippen LogP contribution in [0.3, 0.4) is 0 Å². The summed E-state index contributed by atoms with van der Waals surface area (Å²) in [5.74, 6) is 0.160. The molecule has 1 N–H and O–H groups in total. The van der Waals surface area contributed by atoms with Gasteiger partial charge in [-0.3, -0.25) is 4.79 Å². The summed E-state index contributed by atoms with van der Waals surface area (Å²) in [7, 11) is 0. The predicted molar refractivity (Wildman–Crippen MR) is 83.2 cm³/mol. The van der Waals surface area contributed by atoms with Crippen molar-refractivity contribution in [2.75, 3.05) is 13.1 Å². The lowest BCUT2D eigenvalue weighted by atomic mass is 10.1. The van der Waals surface area contributed by atoms with Crippen molar-refractivity contribution in [1.29, 1.82) is 0 Å². The quantitative estimate of drug-likeness (QED) is 0.922. The fourth-order valence-corrected chi connectivity index (χ4v) is 2.96. The van der Waals surface area contributed by atoms with Gasteiger partial charge >= 0.3 is 0 Å². The summed E-state index contributed by atoms with van der Waals surface area (Å²) in [5.41, 5.74) is 0.842. The maximum absolute atomic E-state index is 12.3. The summed E-state index contributed by atoms with van der Waals surface area (Å²) in [6.45, 7) is 4.14. The number of benzene rings is 1. The van der Waals surface area contributed by atoms with Crippen molar-refractivity contribution in [3.05, 3.63) is 33.8 Å². The lowest BCUT2D eigenvalue weighted by Gasteiger charge is -2.29. The van der Waals surface area contributed by atoms with Crippen LogP contribution in [0.25, 0.3) is 0 Å². The normalized spacial score (nSPS) is 17.1. The van der Waals surface area contributed by atoms with Gasteiger partial charge < -0.3 is 10.2 Å². The van der Waals surface area contributed by atoms with E-state index in [1.54, 1.807) is 0 Å². The molecule has 110 valence electrons. The highest BCUT2D eigenvalue weighted by Crippen LogP contribution is 2.24. The molecule has 5 heteroatoms. The van der Waals surface area contributed by atoms with Gasteiger partial charge in [-0.1, -0.05) is 29.3 Å². The molecule has 1 atom stereocenters. The Bertz CT molecular complexity index is 453. The minimum absolute atomic E-state index is 0.160. The Morgan fingerprint density at radius 1 is 1.25 bits per heavy atom. The van der Waals surface area contributed by atoms with Crippen LogP contribution >= 0.6 is 23.2 Å². The van der Waals surface area contributed by atoms with E-state index in [9.17, 15) is 4.79 Å². The van der Waals surface area contributed by atoms with Gasteiger partial charge in [0.15, 0.2) is 0 Å². The summed E-state index contributed by atoms with van der Waals surface area (Å²) >= 11 is 12.2. The summed E-state index contributed by atoms with van der Waals surface area (Å²) in [4.78, 5) is 14.2. The lowest BCUT2D eigenvalue weighted by molar-refractivity contribution is -0.133. The van der Waals surface area contributed by atoms with Crippen LogP contribution in [-0.2, 0) is 11.3 Å². The number of nitrogens with zero attached hydrogens (tertiary/aromatic N) is 1. The molecule has 1 fully saturated rings. The summed E-state index contributed by atoms with van der Waals surface area (Å²) < 4.78 is 0. The number of carbonyl (C=O) groups excluding carboxylic acids is 1. The van der Waals surface area contributed by atoms with Crippen molar-refractivity contribution < 1.29 is 4.79 Å². The van der Waals surface area contributed by atoms with Crippen molar-refractivity contribution in [3.63, 3.8) is 0 Å². The van der Waals surface area contributed by atoms with E-state index in [1.165, 1.54) is 6.42 Å². The number of likely N-dealkylation sites (tertiary alicyclic amines) is 1. The van der Waals surface area contributed by atoms with Gasteiger partial charge in [-0.25, -0.2) is 0 Å². The molecule has 1 saturated heterocycles. The zero-order valence-corrected chi connectivity index (χ0v) is 13.2. The first-order valence-corrected chi connectivity index (χ1v) is 7.80. The Morgan fingerprint density at radius 3 is 2.45 bits per heavy atom. The Kier molecular flexibility index (Phi) is 5.70. The Labute approximate surface area is 130 Å². The molecule has 2 rings (SSSR count). The maximum Gasteiger partial charge on any atom is 0.239 e. The molecule has 0 radical (unpaired) electrons. The minimum atomic E-state index is -0.222. The molecule has 0 aromatic heterocycles. The van der Waals surface area contributed by atoms with Crippen molar-refractivity contribution in [2.45, 2.75) is 38.8 Å². The van der Waals surface area contributed by atoms with Crippen LogP contribution in [0.1, 0.15) is 31.7 Å². The third kappa shape index (κ3) is 3.87. The van der Waals surface area contributed by atoms with E-state index in [1.807, 2.05) is 30.0 Å². The molecule has 0 saturated carbocycles. The topological polar surface area (TPSA) is 32.3 Å². The van der Waals surface area contributed by atoms with E-state index in [0.717, 1.165) is 31.5 Å². The predicted octanol–water partition coefficient (Wildman–Crippen LogP) is 3.48. The molecule has 20 heavy (non-hydrogen) atoms. The van der Waals surface area contributed by atoms with Crippen LogP contribution < -0.4 is 5.32 Å². The zero-order valence-electron chi connectivity index (χ0n) is 11.7. The highest BCUT2D eigenvalue weighted by molar-refractivity contribution is 6.35. The second kappa shape index (κ2) is 7.30. The third-order valence-electron chi connectivity index (χ3n) is 3.68. The Hall–Kier alpha value is -0.770. The molecular formula is C15H20Cl2N2O. The number of amides is 1. The average Bonchev–Trinajstić information content (AvgIpc) is 2.46. The largest absolute Gasteiger partial charge is 0.341 e. The second-order valence-corrected chi connectivity index (χ2v) is 6.00. The van der Waals surface area contributed by atoms with Crippen LogP contribution in [0.15, 0.2) is 18.2 Å². The zero-order chi connectivity index (χ0) is 14.5. The average molecular weight is 315 g/mol. The van der Waals surface area contributed by atoms with Crippen LogP contribution in [0.2, 0.25) is 10.0 Å². The van der Waals surface area contributed by atoms with Gasteiger partial charge in [0.05, 0.1) is 6.04 Å². The van der Waals surface area contributed by atoms with Crippen LogP contribution in [0.5, 0.6) is 0 Å². The number of rotatable bonds is 4. The monoisotopic (exact) mass is 314 g/mol. The van der Waals surface area contributed by atoms with Crippen LogP contribution in [-0.4, -0.2) is 29.9 Å². The fourth-order valence-electron chi connectivity index (χ4n) is 2.43. The SMILES string of the molecule is CC(NCc1c(Cl)cccc1Cl)C(=O)N1CCCCC1. The smallest absolute Gasteiger partial charge is 0.239 e. The number of halogens is 2.